The van der Waals surface area contributed by atoms with Gasteiger partial charge in [-0.15, -0.1) is 0 Å². The zero-order valence-corrected chi connectivity index (χ0v) is 16.1. The molecule has 2 fully saturated rings. The van der Waals surface area contributed by atoms with E-state index >= 15 is 0 Å². The van der Waals surface area contributed by atoms with Crippen LogP contribution in [0.4, 0.5) is 0 Å². The van der Waals surface area contributed by atoms with Crippen molar-refractivity contribution in [3.63, 3.8) is 0 Å². The van der Waals surface area contributed by atoms with E-state index in [-0.39, 0.29) is 11.8 Å². The summed E-state index contributed by atoms with van der Waals surface area (Å²) < 4.78 is 1.97. The van der Waals surface area contributed by atoms with Gasteiger partial charge in [-0.1, -0.05) is 18.2 Å². The maximum absolute atomic E-state index is 12.7. The van der Waals surface area contributed by atoms with Gasteiger partial charge in [0.15, 0.2) is 5.11 Å². The summed E-state index contributed by atoms with van der Waals surface area (Å²) >= 11 is 5.14. The van der Waals surface area contributed by atoms with Crippen molar-refractivity contribution in [2.45, 2.75) is 25.8 Å². The predicted molar refractivity (Wildman–Crippen MR) is 109 cm³/mol. The van der Waals surface area contributed by atoms with E-state index in [0.29, 0.717) is 17.4 Å². The average Bonchev–Trinajstić information content (AvgIpc) is 3.15. The van der Waals surface area contributed by atoms with Crippen molar-refractivity contribution in [1.29, 1.82) is 0 Å². The third-order valence-corrected chi connectivity index (χ3v) is 5.59. The molecule has 2 aliphatic heterocycles. The van der Waals surface area contributed by atoms with Gasteiger partial charge in [0.05, 0.1) is 0 Å². The Labute approximate surface area is 163 Å². The van der Waals surface area contributed by atoms with Crippen molar-refractivity contribution in [3.05, 3.63) is 41.7 Å². The lowest BCUT2D eigenvalue weighted by molar-refractivity contribution is -0.132. The van der Waals surface area contributed by atoms with Crippen molar-refractivity contribution in [3.8, 4) is 0 Å². The first kappa shape index (κ1) is 17.7. The smallest absolute Gasteiger partial charge is 0.276 e. The molecule has 0 atom stereocenters. The lowest BCUT2D eigenvalue weighted by Crippen LogP contribution is -2.37. The van der Waals surface area contributed by atoms with Crippen LogP contribution in [0.25, 0.3) is 17.0 Å². The first-order chi connectivity index (χ1) is 13.0. The number of hydrogen-bond donors (Lipinski definition) is 1. The van der Waals surface area contributed by atoms with E-state index in [1.165, 1.54) is 11.3 Å². The maximum atomic E-state index is 12.7. The summed E-state index contributed by atoms with van der Waals surface area (Å²) in [5, 5.41) is 4.36. The molecule has 2 amide bonds. The molecule has 1 N–H and O–H groups in total. The van der Waals surface area contributed by atoms with Crippen LogP contribution in [0.2, 0.25) is 0 Å². The van der Waals surface area contributed by atoms with Crippen LogP contribution in [0.5, 0.6) is 0 Å². The molecule has 0 spiro atoms. The molecule has 0 unspecified atom stereocenters. The van der Waals surface area contributed by atoms with E-state index in [4.69, 9.17) is 12.2 Å². The Morgan fingerprint density at radius 3 is 2.67 bits per heavy atom. The zero-order valence-electron chi connectivity index (χ0n) is 15.3. The van der Waals surface area contributed by atoms with Gasteiger partial charge in [-0.05, 0) is 43.6 Å². The summed E-state index contributed by atoms with van der Waals surface area (Å²) in [6, 6.07) is 7.93. The van der Waals surface area contributed by atoms with E-state index in [1.807, 2.05) is 46.0 Å². The largest absolute Gasteiger partial charge is 0.341 e. The Hall–Kier alpha value is -2.67. The van der Waals surface area contributed by atoms with Crippen LogP contribution in [0.1, 0.15) is 24.8 Å². The number of aromatic nitrogens is 1. The fourth-order valence-electron chi connectivity index (χ4n) is 3.69. The number of rotatable bonds is 3. The molecule has 2 aliphatic rings. The number of likely N-dealkylation sites (tertiary alicyclic amines) is 1. The minimum absolute atomic E-state index is 0.144. The topological polar surface area (TPSA) is 57.6 Å². The molecule has 7 heteroatoms. The number of thiocarbonyl (C=S) groups is 1. The summed E-state index contributed by atoms with van der Waals surface area (Å²) in [6.07, 6.45) is 7.11. The fourth-order valence-corrected chi connectivity index (χ4v) is 3.88. The third kappa shape index (κ3) is 3.35. The molecule has 27 heavy (non-hydrogen) atoms. The molecule has 3 heterocycles. The Bertz CT molecular complexity index is 956. The number of carbonyl (C=O) groups excluding carboxylic acids is 2. The number of likely N-dealkylation sites (N-methyl/N-ethyl adjacent to an activating group) is 1. The zero-order chi connectivity index (χ0) is 19.0. The SMILES string of the molecule is CN1C(=O)/C(=C\c2cn(CC(=O)N3CCCCC3)c3ccccc23)NC1=S. The average molecular weight is 382 g/mol. The van der Waals surface area contributed by atoms with E-state index in [9.17, 15) is 9.59 Å². The highest BCUT2D eigenvalue weighted by Crippen LogP contribution is 2.25. The minimum atomic E-state index is -0.152. The molecule has 140 valence electrons. The molecule has 6 nitrogen and oxygen atoms in total. The van der Waals surface area contributed by atoms with Gasteiger partial charge in [0.25, 0.3) is 5.91 Å². The fraction of sp³-hybridized carbons (Fsp3) is 0.350. The minimum Gasteiger partial charge on any atom is -0.341 e. The Kier molecular flexibility index (Phi) is 4.70. The normalized spacial score (nSPS) is 19.2. The van der Waals surface area contributed by atoms with Crippen LogP contribution >= 0.6 is 12.2 Å². The second-order valence-electron chi connectivity index (χ2n) is 7.02. The molecular weight excluding hydrogens is 360 g/mol. The Morgan fingerprint density at radius 1 is 1.22 bits per heavy atom. The second kappa shape index (κ2) is 7.15. The van der Waals surface area contributed by atoms with Gasteiger partial charge < -0.3 is 14.8 Å². The van der Waals surface area contributed by atoms with Crippen LogP contribution < -0.4 is 5.32 Å². The summed E-state index contributed by atoms with van der Waals surface area (Å²) in [7, 11) is 1.65. The highest BCUT2D eigenvalue weighted by Gasteiger charge is 2.27. The highest BCUT2D eigenvalue weighted by molar-refractivity contribution is 7.80. The predicted octanol–water partition coefficient (Wildman–Crippen LogP) is 2.34. The molecule has 0 saturated carbocycles. The van der Waals surface area contributed by atoms with Crippen molar-refractivity contribution in [2.24, 2.45) is 0 Å². The van der Waals surface area contributed by atoms with Gasteiger partial charge in [-0.3, -0.25) is 14.5 Å². The monoisotopic (exact) mass is 382 g/mol. The van der Waals surface area contributed by atoms with Gasteiger partial charge in [0.2, 0.25) is 5.91 Å². The van der Waals surface area contributed by atoms with Crippen LogP contribution in [-0.4, -0.2) is 51.4 Å². The van der Waals surface area contributed by atoms with Gasteiger partial charge in [-0.2, -0.15) is 0 Å². The third-order valence-electron chi connectivity index (χ3n) is 5.21. The van der Waals surface area contributed by atoms with Crippen LogP contribution in [0.15, 0.2) is 36.2 Å². The number of amides is 2. The number of nitrogens with one attached hydrogen (secondary N) is 1. The highest BCUT2D eigenvalue weighted by atomic mass is 32.1. The van der Waals surface area contributed by atoms with Gasteiger partial charge in [0.1, 0.15) is 12.2 Å². The van der Waals surface area contributed by atoms with Crippen LogP contribution in [0.3, 0.4) is 0 Å². The quantitative estimate of drug-likeness (QED) is 0.654. The van der Waals surface area contributed by atoms with Crippen molar-refractivity contribution >= 4 is 46.1 Å². The number of carbonyl (C=O) groups is 2. The van der Waals surface area contributed by atoms with Gasteiger partial charge in [-0.25, -0.2) is 0 Å². The van der Waals surface area contributed by atoms with Gasteiger partial charge >= 0.3 is 0 Å². The molecule has 4 rings (SSSR count). The lowest BCUT2D eigenvalue weighted by Gasteiger charge is -2.27. The van der Waals surface area contributed by atoms with E-state index in [2.05, 4.69) is 5.32 Å². The van der Waals surface area contributed by atoms with Crippen molar-refractivity contribution < 1.29 is 9.59 Å². The molecular formula is C20H22N4O2S. The van der Waals surface area contributed by atoms with Crippen LogP contribution in [-0.2, 0) is 16.1 Å². The number of piperidine rings is 1. The van der Waals surface area contributed by atoms with E-state index < -0.39 is 0 Å². The molecule has 0 radical (unpaired) electrons. The first-order valence-electron chi connectivity index (χ1n) is 9.21. The summed E-state index contributed by atoms with van der Waals surface area (Å²) in [5.74, 6) is -0.00754. The van der Waals surface area contributed by atoms with E-state index in [0.717, 1.165) is 42.4 Å². The number of fused-ring (bicyclic) bond motifs is 1. The van der Waals surface area contributed by atoms with Crippen molar-refractivity contribution in [2.75, 3.05) is 20.1 Å². The number of para-hydroxylation sites is 1. The molecule has 0 bridgehead atoms. The summed E-state index contributed by atoms with van der Waals surface area (Å²) in [4.78, 5) is 28.4. The van der Waals surface area contributed by atoms with Crippen molar-refractivity contribution in [1.82, 2.24) is 19.7 Å². The molecule has 1 aromatic carbocycles. The standard InChI is InChI=1S/C20H22N4O2S/c1-22-19(26)16(21-20(22)27)11-14-12-24(17-8-4-3-7-15(14)17)13-18(25)23-9-5-2-6-10-23/h3-4,7-8,11-12H,2,5-6,9-10,13H2,1H3,(H,21,27)/b16-11+. The van der Waals surface area contributed by atoms with Crippen LogP contribution in [0, 0.1) is 0 Å². The number of hydrogen-bond acceptors (Lipinski definition) is 3. The Morgan fingerprint density at radius 2 is 1.96 bits per heavy atom. The molecule has 2 saturated heterocycles. The van der Waals surface area contributed by atoms with E-state index in [1.54, 1.807) is 7.05 Å². The summed E-state index contributed by atoms with van der Waals surface area (Å²) in [6.45, 7) is 2.00. The second-order valence-corrected chi connectivity index (χ2v) is 7.41. The first-order valence-corrected chi connectivity index (χ1v) is 9.62. The molecule has 0 aliphatic carbocycles. The lowest BCUT2D eigenvalue weighted by atomic mass is 10.1. The molecule has 1 aromatic heterocycles. The Balaban J connectivity index is 1.66. The molecule has 2 aromatic rings. The number of benzene rings is 1. The summed E-state index contributed by atoms with van der Waals surface area (Å²) in [5.41, 5.74) is 2.33. The maximum Gasteiger partial charge on any atom is 0.276 e. The van der Waals surface area contributed by atoms with Gasteiger partial charge in [0, 0.05) is 42.8 Å². The number of nitrogens with zero attached hydrogens (tertiary/aromatic N) is 3.